The van der Waals surface area contributed by atoms with Crippen molar-refractivity contribution in [3.63, 3.8) is 0 Å². The van der Waals surface area contributed by atoms with Crippen molar-refractivity contribution in [2.75, 3.05) is 0 Å². The Morgan fingerprint density at radius 1 is 1.33 bits per heavy atom. The van der Waals surface area contributed by atoms with Gasteiger partial charge in [-0.25, -0.2) is 4.98 Å². The highest BCUT2D eigenvalue weighted by molar-refractivity contribution is 5.91. The Kier molecular flexibility index (Phi) is 3.42. The van der Waals surface area contributed by atoms with Gasteiger partial charge in [0.15, 0.2) is 11.5 Å². The third-order valence-corrected chi connectivity index (χ3v) is 2.76. The molecule has 21 heavy (non-hydrogen) atoms. The number of aryl methyl sites for hydroxylation is 1. The van der Waals surface area contributed by atoms with E-state index in [1.807, 2.05) is 30.3 Å². The molecule has 8 heteroatoms. The molecule has 2 aromatic heterocycles. The van der Waals surface area contributed by atoms with E-state index >= 15 is 0 Å². The van der Waals surface area contributed by atoms with Gasteiger partial charge in [-0.1, -0.05) is 18.2 Å². The van der Waals surface area contributed by atoms with E-state index in [2.05, 4.69) is 30.7 Å². The van der Waals surface area contributed by atoms with Gasteiger partial charge in [-0.2, -0.15) is 15.0 Å². The molecule has 0 radical (unpaired) electrons. The number of carbonyl (C=O) groups excluding carboxylic acids is 1. The van der Waals surface area contributed by atoms with Crippen molar-refractivity contribution >= 4 is 5.91 Å². The molecule has 0 aliphatic rings. The fraction of sp³-hybridized carbons (Fsp3) is 0.154. The minimum absolute atomic E-state index is 0.237. The minimum Gasteiger partial charge on any atom is -0.343 e. The molecule has 0 fully saturated rings. The summed E-state index contributed by atoms with van der Waals surface area (Å²) in [5, 5.41) is 17.6. The van der Waals surface area contributed by atoms with E-state index < -0.39 is 0 Å². The molecule has 3 aromatic rings. The Hall–Kier alpha value is -3.03. The van der Waals surface area contributed by atoms with Crippen molar-refractivity contribution in [2.24, 2.45) is 0 Å². The first-order valence-electron chi connectivity index (χ1n) is 6.36. The summed E-state index contributed by atoms with van der Waals surface area (Å²) in [5.74, 6) is 0.908. The molecule has 0 atom stereocenters. The number of nitrogens with zero attached hydrogens (tertiary/aromatic N) is 5. The first-order chi connectivity index (χ1) is 10.2. The Bertz CT molecular complexity index is 747. The lowest BCUT2D eigenvalue weighted by atomic mass is 10.3. The first-order valence-corrected chi connectivity index (χ1v) is 6.36. The van der Waals surface area contributed by atoms with Crippen LogP contribution in [0, 0.1) is 6.92 Å². The standard InChI is InChI=1S/C13H13N7O/c1-9-16-12(18-17-9)8-14-13(21)11-7-15-20(19-11)10-5-3-2-4-6-10/h2-7H,8H2,1H3,(H,14,21)(H,16,17,18). The molecule has 0 aliphatic heterocycles. The summed E-state index contributed by atoms with van der Waals surface area (Å²) in [6.45, 7) is 2.03. The predicted octanol–water partition coefficient (Wildman–Crippen LogP) is 0.624. The normalized spacial score (nSPS) is 10.5. The Balaban J connectivity index is 1.67. The van der Waals surface area contributed by atoms with Crippen molar-refractivity contribution in [3.05, 3.63) is 53.9 Å². The molecule has 1 aromatic carbocycles. The van der Waals surface area contributed by atoms with Crippen LogP contribution in [0.15, 0.2) is 36.5 Å². The summed E-state index contributed by atoms with van der Waals surface area (Å²) in [4.78, 5) is 17.5. The number of amides is 1. The Morgan fingerprint density at radius 3 is 2.86 bits per heavy atom. The zero-order valence-corrected chi connectivity index (χ0v) is 11.3. The predicted molar refractivity (Wildman–Crippen MR) is 73.6 cm³/mol. The van der Waals surface area contributed by atoms with Gasteiger partial charge in [0.05, 0.1) is 18.4 Å². The number of aromatic nitrogens is 6. The van der Waals surface area contributed by atoms with Crippen molar-refractivity contribution in [1.82, 2.24) is 35.5 Å². The van der Waals surface area contributed by atoms with Gasteiger partial charge < -0.3 is 5.32 Å². The van der Waals surface area contributed by atoms with Gasteiger partial charge in [0.1, 0.15) is 5.82 Å². The van der Waals surface area contributed by atoms with Crippen LogP contribution in [-0.4, -0.2) is 36.1 Å². The highest BCUT2D eigenvalue weighted by atomic mass is 16.2. The smallest absolute Gasteiger partial charge is 0.273 e. The Morgan fingerprint density at radius 2 is 2.14 bits per heavy atom. The van der Waals surface area contributed by atoms with E-state index in [9.17, 15) is 4.79 Å². The number of rotatable bonds is 4. The summed E-state index contributed by atoms with van der Waals surface area (Å²) < 4.78 is 0. The molecule has 0 saturated heterocycles. The maximum atomic E-state index is 12.0. The molecule has 8 nitrogen and oxygen atoms in total. The van der Waals surface area contributed by atoms with Crippen LogP contribution in [-0.2, 0) is 6.54 Å². The van der Waals surface area contributed by atoms with Crippen LogP contribution < -0.4 is 5.32 Å². The van der Waals surface area contributed by atoms with Gasteiger partial charge in [-0.3, -0.25) is 9.89 Å². The van der Waals surface area contributed by atoms with Gasteiger partial charge in [-0.05, 0) is 19.1 Å². The average Bonchev–Trinajstić information content (AvgIpc) is 3.15. The van der Waals surface area contributed by atoms with Crippen LogP contribution in [0.4, 0.5) is 0 Å². The number of benzene rings is 1. The lowest BCUT2D eigenvalue weighted by molar-refractivity contribution is 0.0944. The van der Waals surface area contributed by atoms with E-state index in [4.69, 9.17) is 0 Å². The zero-order valence-electron chi connectivity index (χ0n) is 11.3. The quantitative estimate of drug-likeness (QED) is 0.731. The largest absolute Gasteiger partial charge is 0.343 e. The molecule has 106 valence electrons. The number of hydrogen-bond donors (Lipinski definition) is 2. The second kappa shape index (κ2) is 5.53. The molecule has 0 saturated carbocycles. The minimum atomic E-state index is -0.320. The topological polar surface area (TPSA) is 101 Å². The summed E-state index contributed by atoms with van der Waals surface area (Å²) >= 11 is 0. The number of nitrogens with one attached hydrogen (secondary N) is 2. The molecule has 3 rings (SSSR count). The van der Waals surface area contributed by atoms with Crippen LogP contribution in [0.3, 0.4) is 0 Å². The van der Waals surface area contributed by atoms with Gasteiger partial charge in [0, 0.05) is 0 Å². The summed E-state index contributed by atoms with van der Waals surface area (Å²) in [6, 6.07) is 9.38. The SMILES string of the molecule is Cc1nc(CNC(=O)c2cnn(-c3ccccc3)n2)n[nH]1. The summed E-state index contributed by atoms with van der Waals surface area (Å²) in [6.07, 6.45) is 1.42. The highest BCUT2D eigenvalue weighted by Crippen LogP contribution is 2.04. The lowest BCUT2D eigenvalue weighted by Crippen LogP contribution is -2.24. The second-order valence-electron chi connectivity index (χ2n) is 4.37. The average molecular weight is 283 g/mol. The number of para-hydroxylation sites is 1. The molecular formula is C13H13N7O. The molecular weight excluding hydrogens is 270 g/mol. The van der Waals surface area contributed by atoms with Gasteiger partial charge in [0.25, 0.3) is 5.91 Å². The Labute approximate surface area is 120 Å². The highest BCUT2D eigenvalue weighted by Gasteiger charge is 2.12. The summed E-state index contributed by atoms with van der Waals surface area (Å²) in [5.41, 5.74) is 1.03. The maximum Gasteiger partial charge on any atom is 0.273 e. The molecule has 0 aliphatic carbocycles. The number of carbonyl (C=O) groups is 1. The number of H-pyrrole nitrogens is 1. The summed E-state index contributed by atoms with van der Waals surface area (Å²) in [7, 11) is 0. The lowest BCUT2D eigenvalue weighted by Gasteiger charge is -1.99. The van der Waals surface area contributed by atoms with Crippen molar-refractivity contribution < 1.29 is 4.79 Å². The van der Waals surface area contributed by atoms with Crippen LogP contribution in [0.5, 0.6) is 0 Å². The van der Waals surface area contributed by atoms with E-state index in [0.29, 0.717) is 11.6 Å². The monoisotopic (exact) mass is 283 g/mol. The van der Waals surface area contributed by atoms with Crippen LogP contribution >= 0.6 is 0 Å². The third-order valence-electron chi connectivity index (χ3n) is 2.76. The molecule has 2 heterocycles. The van der Waals surface area contributed by atoms with Crippen LogP contribution in [0.1, 0.15) is 22.1 Å². The zero-order chi connectivity index (χ0) is 14.7. The van der Waals surface area contributed by atoms with Crippen molar-refractivity contribution in [1.29, 1.82) is 0 Å². The van der Waals surface area contributed by atoms with Gasteiger partial charge in [0.2, 0.25) is 0 Å². The van der Waals surface area contributed by atoms with Crippen molar-refractivity contribution in [3.8, 4) is 5.69 Å². The molecule has 0 unspecified atom stereocenters. The molecule has 2 N–H and O–H groups in total. The molecule has 1 amide bonds. The fourth-order valence-electron chi connectivity index (χ4n) is 1.77. The molecule has 0 spiro atoms. The fourth-order valence-corrected chi connectivity index (χ4v) is 1.77. The maximum absolute atomic E-state index is 12.0. The van der Waals surface area contributed by atoms with E-state index in [0.717, 1.165) is 5.69 Å². The number of aromatic amines is 1. The van der Waals surface area contributed by atoms with E-state index in [1.54, 1.807) is 6.92 Å². The first kappa shape index (κ1) is 13.0. The van der Waals surface area contributed by atoms with Crippen LogP contribution in [0.25, 0.3) is 5.69 Å². The van der Waals surface area contributed by atoms with Gasteiger partial charge >= 0.3 is 0 Å². The second-order valence-corrected chi connectivity index (χ2v) is 4.37. The van der Waals surface area contributed by atoms with E-state index in [1.165, 1.54) is 11.0 Å². The van der Waals surface area contributed by atoms with E-state index in [-0.39, 0.29) is 18.1 Å². The number of hydrogen-bond acceptors (Lipinski definition) is 5. The van der Waals surface area contributed by atoms with Gasteiger partial charge in [-0.15, -0.1) is 5.10 Å². The van der Waals surface area contributed by atoms with Crippen LogP contribution in [0.2, 0.25) is 0 Å². The molecule has 0 bridgehead atoms. The third kappa shape index (κ3) is 2.94. The van der Waals surface area contributed by atoms with Crippen molar-refractivity contribution in [2.45, 2.75) is 13.5 Å².